The predicted octanol–water partition coefficient (Wildman–Crippen LogP) is 4.93. The summed E-state index contributed by atoms with van der Waals surface area (Å²) in [4.78, 5) is 4.19. The molecule has 2 aromatic heterocycles. The lowest BCUT2D eigenvalue weighted by molar-refractivity contribution is -0.663. The first kappa shape index (κ1) is 14.2. The summed E-state index contributed by atoms with van der Waals surface area (Å²) in [5.74, 6) is 0. The minimum absolute atomic E-state index is 0.928. The van der Waals surface area contributed by atoms with Gasteiger partial charge in [0.25, 0.3) is 6.33 Å². The lowest BCUT2D eigenvalue weighted by Crippen LogP contribution is -2.31. The van der Waals surface area contributed by atoms with Crippen molar-refractivity contribution in [3.05, 3.63) is 72.7 Å². The second-order valence-corrected chi connectivity index (χ2v) is 6.51. The highest BCUT2D eigenvalue weighted by atomic mass is 16.3. The molecule has 0 saturated heterocycles. The Morgan fingerprint density at radius 2 is 1.72 bits per heavy atom. The summed E-state index contributed by atoms with van der Waals surface area (Å²) in [5, 5.41) is 4.74. The van der Waals surface area contributed by atoms with Crippen LogP contribution < -0.4 is 4.57 Å². The first-order valence-electron chi connectivity index (χ1n) is 8.37. The second-order valence-electron chi connectivity index (χ2n) is 6.51. The summed E-state index contributed by atoms with van der Waals surface area (Å²) >= 11 is 0. The number of aromatic nitrogens is 2. The Kier molecular flexibility index (Phi) is 2.92. The van der Waals surface area contributed by atoms with Gasteiger partial charge in [-0.1, -0.05) is 41.4 Å². The molecule has 0 aliphatic carbocycles. The fourth-order valence-corrected chi connectivity index (χ4v) is 3.63. The van der Waals surface area contributed by atoms with Gasteiger partial charge in [0.1, 0.15) is 23.1 Å². The Labute approximate surface area is 145 Å². The minimum atomic E-state index is 0.928. The highest BCUT2D eigenvalue weighted by Gasteiger charge is 2.18. The van der Waals surface area contributed by atoms with Crippen molar-refractivity contribution in [2.24, 2.45) is 7.05 Å². The summed E-state index contributed by atoms with van der Waals surface area (Å²) < 4.78 is 8.38. The molecular weight excluding hydrogens is 308 g/mol. The molecule has 3 nitrogen and oxygen atoms in total. The van der Waals surface area contributed by atoms with Gasteiger partial charge in [0.05, 0.1) is 12.6 Å². The fraction of sp³-hybridized carbons (Fsp3) is 0.0909. The number of benzene rings is 3. The third-order valence-corrected chi connectivity index (χ3v) is 4.91. The number of hydrogen-bond acceptors (Lipinski definition) is 2. The van der Waals surface area contributed by atoms with E-state index in [1.807, 2.05) is 30.2 Å². The zero-order valence-corrected chi connectivity index (χ0v) is 14.2. The van der Waals surface area contributed by atoms with Gasteiger partial charge in [-0.25, -0.2) is 4.57 Å². The van der Waals surface area contributed by atoms with Gasteiger partial charge in [-0.15, -0.1) is 0 Å². The highest BCUT2D eigenvalue weighted by Crippen LogP contribution is 2.38. The molecule has 0 saturated carbocycles. The Bertz CT molecular complexity index is 1270. The van der Waals surface area contributed by atoms with Crippen molar-refractivity contribution in [2.45, 2.75) is 6.92 Å². The second kappa shape index (κ2) is 5.15. The van der Waals surface area contributed by atoms with E-state index in [-0.39, 0.29) is 0 Å². The zero-order valence-electron chi connectivity index (χ0n) is 14.2. The number of furan rings is 1. The molecule has 0 aliphatic heterocycles. The average Bonchev–Trinajstić information content (AvgIpc) is 2.98. The van der Waals surface area contributed by atoms with Crippen LogP contribution in [0.25, 0.3) is 44.0 Å². The molecule has 3 heteroatoms. The molecule has 0 fully saturated rings. The smallest absolute Gasteiger partial charge is 0.286 e. The van der Waals surface area contributed by atoms with Crippen LogP contribution in [0, 0.1) is 6.92 Å². The zero-order chi connectivity index (χ0) is 17.0. The molecule has 120 valence electrons. The van der Waals surface area contributed by atoms with E-state index in [1.165, 1.54) is 16.3 Å². The van der Waals surface area contributed by atoms with Gasteiger partial charge >= 0.3 is 0 Å². The van der Waals surface area contributed by atoms with E-state index < -0.39 is 0 Å². The molecule has 0 unspecified atom stereocenters. The van der Waals surface area contributed by atoms with Crippen LogP contribution in [0.1, 0.15) is 5.56 Å². The van der Waals surface area contributed by atoms with Crippen LogP contribution in [0.4, 0.5) is 0 Å². The number of nitrogens with zero attached hydrogens (tertiary/aromatic N) is 2. The molecule has 2 heterocycles. The van der Waals surface area contributed by atoms with Gasteiger partial charge in [0, 0.05) is 16.8 Å². The van der Waals surface area contributed by atoms with Crippen molar-refractivity contribution in [1.29, 1.82) is 0 Å². The molecule has 3 aromatic carbocycles. The van der Waals surface area contributed by atoms with E-state index in [4.69, 9.17) is 4.42 Å². The third-order valence-electron chi connectivity index (χ3n) is 4.91. The van der Waals surface area contributed by atoms with Gasteiger partial charge in [0.15, 0.2) is 0 Å². The lowest BCUT2D eigenvalue weighted by atomic mass is 10.00. The van der Waals surface area contributed by atoms with E-state index >= 15 is 0 Å². The fourth-order valence-electron chi connectivity index (χ4n) is 3.63. The van der Waals surface area contributed by atoms with Gasteiger partial charge in [-0.2, -0.15) is 0 Å². The molecular formula is C22H17N2O+. The molecule has 0 atom stereocenters. The SMILES string of the molecule is Cc1ccc2c(oc3cc4ccccc4cc32)c1-c1ccnc[n+]1C. The van der Waals surface area contributed by atoms with E-state index in [1.54, 1.807) is 0 Å². The average molecular weight is 325 g/mol. The Hall–Kier alpha value is -3.20. The largest absolute Gasteiger partial charge is 0.455 e. The highest BCUT2D eigenvalue weighted by molar-refractivity contribution is 6.13. The summed E-state index contributed by atoms with van der Waals surface area (Å²) in [6.07, 6.45) is 3.65. The van der Waals surface area contributed by atoms with Gasteiger partial charge in [-0.3, -0.25) is 0 Å². The van der Waals surface area contributed by atoms with Crippen molar-refractivity contribution >= 4 is 32.7 Å². The van der Waals surface area contributed by atoms with Crippen LogP contribution in [-0.2, 0) is 7.05 Å². The number of rotatable bonds is 1. The summed E-state index contributed by atoms with van der Waals surface area (Å²) in [6.45, 7) is 2.12. The molecule has 0 bridgehead atoms. The maximum atomic E-state index is 6.35. The van der Waals surface area contributed by atoms with E-state index in [0.717, 1.165) is 33.2 Å². The van der Waals surface area contributed by atoms with Crippen molar-refractivity contribution in [3.8, 4) is 11.3 Å². The molecule has 0 radical (unpaired) electrons. The molecule has 25 heavy (non-hydrogen) atoms. The Balaban J connectivity index is 1.94. The van der Waals surface area contributed by atoms with Crippen LogP contribution in [0.15, 0.2) is 71.5 Å². The number of fused-ring (bicyclic) bond motifs is 4. The summed E-state index contributed by atoms with van der Waals surface area (Å²) in [6, 6.07) is 19.1. The van der Waals surface area contributed by atoms with Crippen LogP contribution in [0.2, 0.25) is 0 Å². The molecule has 5 rings (SSSR count). The van der Waals surface area contributed by atoms with Crippen molar-refractivity contribution in [1.82, 2.24) is 4.98 Å². The normalized spacial score (nSPS) is 11.6. The first-order valence-corrected chi connectivity index (χ1v) is 8.37. The molecule has 0 spiro atoms. The van der Waals surface area contributed by atoms with Gasteiger partial charge in [0.2, 0.25) is 0 Å². The number of aryl methyl sites for hydroxylation is 2. The quantitative estimate of drug-likeness (QED) is 0.409. The van der Waals surface area contributed by atoms with E-state index in [2.05, 4.69) is 60.4 Å². The summed E-state index contributed by atoms with van der Waals surface area (Å²) in [5.41, 5.74) is 5.28. The van der Waals surface area contributed by atoms with Crippen molar-refractivity contribution in [2.75, 3.05) is 0 Å². The van der Waals surface area contributed by atoms with Crippen LogP contribution in [-0.4, -0.2) is 4.98 Å². The maximum Gasteiger partial charge on any atom is 0.286 e. The van der Waals surface area contributed by atoms with Crippen molar-refractivity contribution in [3.63, 3.8) is 0 Å². The Morgan fingerprint density at radius 1 is 0.920 bits per heavy atom. The summed E-state index contributed by atoms with van der Waals surface area (Å²) in [7, 11) is 2.01. The molecule has 5 aromatic rings. The van der Waals surface area contributed by atoms with Gasteiger partial charge < -0.3 is 4.42 Å². The minimum Gasteiger partial charge on any atom is -0.455 e. The first-order chi connectivity index (χ1) is 12.2. The monoisotopic (exact) mass is 325 g/mol. The van der Waals surface area contributed by atoms with Crippen LogP contribution in [0.5, 0.6) is 0 Å². The third kappa shape index (κ3) is 2.06. The lowest BCUT2D eigenvalue weighted by Gasteiger charge is -2.06. The topological polar surface area (TPSA) is 29.9 Å². The van der Waals surface area contributed by atoms with Gasteiger partial charge in [-0.05, 0) is 35.4 Å². The van der Waals surface area contributed by atoms with Crippen molar-refractivity contribution < 1.29 is 8.98 Å². The standard InChI is InChI=1S/C22H17N2O/c1-14-7-8-17-18-11-15-5-3-4-6-16(15)12-20(18)25-22(17)21(14)19-9-10-23-13-24(19)2/h3-13H,1-2H3/q+1. The molecule has 0 amide bonds. The Morgan fingerprint density at radius 3 is 2.52 bits per heavy atom. The predicted molar refractivity (Wildman–Crippen MR) is 100 cm³/mol. The molecule has 0 N–H and O–H groups in total. The number of hydrogen-bond donors (Lipinski definition) is 0. The van der Waals surface area contributed by atoms with E-state index in [9.17, 15) is 0 Å². The molecule has 0 aliphatic rings. The van der Waals surface area contributed by atoms with E-state index in [0.29, 0.717) is 0 Å². The van der Waals surface area contributed by atoms with Crippen LogP contribution >= 0.6 is 0 Å². The van der Waals surface area contributed by atoms with Crippen LogP contribution in [0.3, 0.4) is 0 Å². The maximum absolute atomic E-state index is 6.35.